The summed E-state index contributed by atoms with van der Waals surface area (Å²) in [6, 6.07) is 16.6. The Balaban J connectivity index is 1.57. The van der Waals surface area contributed by atoms with Crippen LogP contribution < -0.4 is 24.8 Å². The van der Waals surface area contributed by atoms with Gasteiger partial charge in [0.05, 0.1) is 39.3 Å². The standard InChI is InChI=1S/C28H28N6O4S/c1-17-23(26(35)31-20-11-8-12-29-15-20)24(19-13-21(36-2)25(38-4)22(14-19)37-3)34-27(30-17)32-28(33-34)39-16-18-9-6-5-7-10-18/h5-15,23-24H,1,16H2,2-4H3,(H,31,35)(H,30,32,33). The van der Waals surface area contributed by atoms with Crippen LogP contribution in [0, 0.1) is 5.92 Å². The van der Waals surface area contributed by atoms with Crippen LogP contribution in [0.3, 0.4) is 0 Å². The number of nitrogens with one attached hydrogen (secondary N) is 2. The summed E-state index contributed by atoms with van der Waals surface area (Å²) in [5.74, 6) is 1.52. The third-order valence-corrected chi connectivity index (χ3v) is 7.20. The number of rotatable bonds is 9. The highest BCUT2D eigenvalue weighted by atomic mass is 32.2. The fraction of sp³-hybridized carbons (Fsp3) is 0.214. The Hall–Kier alpha value is -4.51. The number of aromatic nitrogens is 4. The molecule has 0 fully saturated rings. The molecule has 0 saturated heterocycles. The van der Waals surface area contributed by atoms with Crippen molar-refractivity contribution in [2.24, 2.45) is 5.92 Å². The van der Waals surface area contributed by atoms with Crippen LogP contribution in [0.4, 0.5) is 11.6 Å². The van der Waals surface area contributed by atoms with E-state index in [0.29, 0.717) is 51.1 Å². The molecule has 0 bridgehead atoms. The van der Waals surface area contributed by atoms with Crippen molar-refractivity contribution >= 4 is 29.3 Å². The van der Waals surface area contributed by atoms with Gasteiger partial charge in [-0.1, -0.05) is 48.7 Å². The van der Waals surface area contributed by atoms with Crippen molar-refractivity contribution in [3.8, 4) is 17.2 Å². The second-order valence-electron chi connectivity index (χ2n) is 8.70. The summed E-state index contributed by atoms with van der Waals surface area (Å²) in [4.78, 5) is 22.5. The summed E-state index contributed by atoms with van der Waals surface area (Å²) < 4.78 is 18.5. The van der Waals surface area contributed by atoms with Gasteiger partial charge in [0, 0.05) is 17.6 Å². The number of carbonyl (C=O) groups excluding carboxylic acids is 1. The van der Waals surface area contributed by atoms with E-state index in [1.54, 1.807) is 50.5 Å². The number of thioether (sulfide) groups is 1. The van der Waals surface area contributed by atoms with Crippen LogP contribution >= 0.6 is 11.8 Å². The lowest BCUT2D eigenvalue weighted by atomic mass is 9.88. The van der Waals surface area contributed by atoms with Gasteiger partial charge in [-0.25, -0.2) is 4.68 Å². The minimum atomic E-state index is -0.755. The summed E-state index contributed by atoms with van der Waals surface area (Å²) in [6.45, 7) is 4.19. The molecular formula is C28H28N6O4S. The molecule has 0 radical (unpaired) electrons. The highest BCUT2D eigenvalue weighted by Crippen LogP contribution is 2.45. The molecule has 1 amide bonds. The molecule has 1 aliphatic rings. The van der Waals surface area contributed by atoms with Gasteiger partial charge >= 0.3 is 0 Å². The monoisotopic (exact) mass is 544 g/mol. The number of hydrogen-bond acceptors (Lipinski definition) is 9. The van der Waals surface area contributed by atoms with E-state index in [-0.39, 0.29) is 5.91 Å². The zero-order chi connectivity index (χ0) is 27.4. The van der Waals surface area contributed by atoms with E-state index in [4.69, 9.17) is 24.3 Å². The van der Waals surface area contributed by atoms with Gasteiger partial charge < -0.3 is 24.8 Å². The van der Waals surface area contributed by atoms with Crippen LogP contribution in [0.2, 0.25) is 0 Å². The summed E-state index contributed by atoms with van der Waals surface area (Å²) in [6.07, 6.45) is 3.23. The Morgan fingerprint density at radius 1 is 1.08 bits per heavy atom. The molecule has 2 N–H and O–H groups in total. The number of carbonyl (C=O) groups is 1. The minimum absolute atomic E-state index is 0.279. The molecule has 39 heavy (non-hydrogen) atoms. The number of pyridine rings is 1. The zero-order valence-electron chi connectivity index (χ0n) is 21.7. The lowest BCUT2D eigenvalue weighted by Crippen LogP contribution is -2.39. The molecule has 11 heteroatoms. The highest BCUT2D eigenvalue weighted by molar-refractivity contribution is 7.98. The number of ether oxygens (including phenoxy) is 3. The molecule has 3 heterocycles. The van der Waals surface area contributed by atoms with Gasteiger partial charge in [0.2, 0.25) is 22.8 Å². The molecule has 2 unspecified atom stereocenters. The second-order valence-corrected chi connectivity index (χ2v) is 9.64. The van der Waals surface area contributed by atoms with E-state index in [9.17, 15) is 4.79 Å². The average molecular weight is 545 g/mol. The number of methoxy groups -OCH3 is 3. The molecule has 2 aromatic heterocycles. The fourth-order valence-corrected chi connectivity index (χ4v) is 5.27. The molecule has 0 saturated carbocycles. The van der Waals surface area contributed by atoms with Crippen molar-refractivity contribution in [1.29, 1.82) is 0 Å². The van der Waals surface area contributed by atoms with Gasteiger partial charge in [-0.15, -0.1) is 5.10 Å². The number of anilines is 2. The summed E-state index contributed by atoms with van der Waals surface area (Å²) in [7, 11) is 4.64. The molecule has 10 nitrogen and oxygen atoms in total. The maximum absolute atomic E-state index is 13.7. The van der Waals surface area contributed by atoms with Crippen molar-refractivity contribution in [2.75, 3.05) is 32.0 Å². The van der Waals surface area contributed by atoms with Crippen molar-refractivity contribution in [2.45, 2.75) is 17.0 Å². The Kier molecular flexibility index (Phi) is 7.69. The van der Waals surface area contributed by atoms with Gasteiger partial charge in [-0.05, 0) is 35.4 Å². The van der Waals surface area contributed by atoms with Crippen molar-refractivity contribution in [3.05, 3.63) is 90.4 Å². The Morgan fingerprint density at radius 2 is 1.82 bits per heavy atom. The van der Waals surface area contributed by atoms with Gasteiger partial charge in [0.15, 0.2) is 11.5 Å². The zero-order valence-corrected chi connectivity index (χ0v) is 22.6. The minimum Gasteiger partial charge on any atom is -0.493 e. The maximum atomic E-state index is 13.7. The third-order valence-electron chi connectivity index (χ3n) is 6.29. The van der Waals surface area contributed by atoms with Crippen molar-refractivity contribution in [1.82, 2.24) is 19.7 Å². The molecule has 5 rings (SSSR count). The van der Waals surface area contributed by atoms with Crippen LogP contribution in [0.15, 0.2) is 84.4 Å². The molecular weight excluding hydrogens is 516 g/mol. The fourth-order valence-electron chi connectivity index (χ4n) is 4.48. The predicted octanol–water partition coefficient (Wildman–Crippen LogP) is 4.77. The van der Waals surface area contributed by atoms with E-state index in [1.807, 2.05) is 30.3 Å². The number of benzene rings is 2. The smallest absolute Gasteiger partial charge is 0.236 e. The molecule has 2 atom stereocenters. The molecule has 0 aliphatic carbocycles. The quantitative estimate of drug-likeness (QED) is 0.288. The van der Waals surface area contributed by atoms with Gasteiger partial charge in [-0.2, -0.15) is 4.98 Å². The van der Waals surface area contributed by atoms with E-state index < -0.39 is 12.0 Å². The largest absolute Gasteiger partial charge is 0.493 e. The lowest BCUT2D eigenvalue weighted by Gasteiger charge is -2.34. The first-order valence-electron chi connectivity index (χ1n) is 12.1. The second kappa shape index (κ2) is 11.5. The van der Waals surface area contributed by atoms with Crippen LogP contribution in [0.1, 0.15) is 17.2 Å². The van der Waals surface area contributed by atoms with Crippen LogP contribution in [0.5, 0.6) is 17.2 Å². The van der Waals surface area contributed by atoms with Crippen LogP contribution in [-0.2, 0) is 10.5 Å². The topological polar surface area (TPSA) is 112 Å². The summed E-state index contributed by atoms with van der Waals surface area (Å²) in [5.41, 5.74) is 2.92. The third kappa shape index (κ3) is 5.39. The number of nitrogens with zero attached hydrogens (tertiary/aromatic N) is 4. The lowest BCUT2D eigenvalue weighted by molar-refractivity contribution is -0.119. The normalized spacial score (nSPS) is 16.1. The van der Waals surface area contributed by atoms with E-state index in [2.05, 4.69) is 34.3 Å². The van der Waals surface area contributed by atoms with Crippen LogP contribution in [0.25, 0.3) is 0 Å². The van der Waals surface area contributed by atoms with Crippen LogP contribution in [-0.4, -0.2) is 47.0 Å². The summed E-state index contributed by atoms with van der Waals surface area (Å²) >= 11 is 1.51. The highest BCUT2D eigenvalue weighted by Gasteiger charge is 2.41. The van der Waals surface area contributed by atoms with Crippen molar-refractivity contribution in [3.63, 3.8) is 0 Å². The van der Waals surface area contributed by atoms with E-state index in [0.717, 1.165) is 5.56 Å². The van der Waals surface area contributed by atoms with Crippen molar-refractivity contribution < 1.29 is 19.0 Å². The Morgan fingerprint density at radius 3 is 2.46 bits per heavy atom. The molecule has 0 spiro atoms. The number of amides is 1. The van der Waals surface area contributed by atoms with Gasteiger partial charge in [0.25, 0.3) is 0 Å². The first-order chi connectivity index (χ1) is 19.0. The molecule has 4 aromatic rings. The molecule has 2 aromatic carbocycles. The van der Waals surface area contributed by atoms with E-state index in [1.165, 1.54) is 11.8 Å². The van der Waals surface area contributed by atoms with E-state index >= 15 is 0 Å². The summed E-state index contributed by atoms with van der Waals surface area (Å²) in [5, 5.41) is 11.5. The Labute approximate surface area is 230 Å². The number of fused-ring (bicyclic) bond motifs is 1. The molecule has 200 valence electrons. The SMILES string of the molecule is C=C1Nc2nc(SCc3ccccc3)nn2C(c2cc(OC)c(OC)c(OC)c2)C1C(=O)Nc1cccnc1. The first kappa shape index (κ1) is 26.1. The van der Waals surface area contributed by atoms with Gasteiger partial charge in [-0.3, -0.25) is 9.78 Å². The number of hydrogen-bond donors (Lipinski definition) is 2. The first-order valence-corrected chi connectivity index (χ1v) is 13.1. The molecule has 1 aliphatic heterocycles. The average Bonchev–Trinajstić information content (AvgIpc) is 3.37. The Bertz CT molecular complexity index is 1450. The predicted molar refractivity (Wildman–Crippen MR) is 149 cm³/mol. The maximum Gasteiger partial charge on any atom is 0.236 e. The van der Waals surface area contributed by atoms with Gasteiger partial charge in [0.1, 0.15) is 5.92 Å².